The maximum Gasteiger partial charge on any atom is 0.339 e. The van der Waals surface area contributed by atoms with Crippen LogP contribution in [0.2, 0.25) is 0 Å². The molecule has 0 spiro atoms. The molecule has 0 aliphatic carbocycles. The fourth-order valence-electron chi connectivity index (χ4n) is 4.23. The van der Waals surface area contributed by atoms with Gasteiger partial charge in [0.1, 0.15) is 16.9 Å². The first-order chi connectivity index (χ1) is 18.1. The van der Waals surface area contributed by atoms with Crippen LogP contribution in [0.25, 0.3) is 0 Å². The Labute approximate surface area is 237 Å². The summed E-state index contributed by atoms with van der Waals surface area (Å²) in [6, 6.07) is 26.4. The monoisotopic (exact) mass is 555 g/mol. The topological polar surface area (TPSA) is 93.1 Å². The van der Waals surface area contributed by atoms with Crippen LogP contribution in [-0.2, 0) is 26.3 Å². The first kappa shape index (κ1) is 33.3. The molecule has 8 heteroatoms. The third-order valence-electron chi connectivity index (χ3n) is 5.96. The van der Waals surface area contributed by atoms with E-state index in [9.17, 15) is 14.4 Å². The van der Waals surface area contributed by atoms with Crippen LogP contribution in [-0.4, -0.2) is 48.6 Å². The van der Waals surface area contributed by atoms with E-state index in [0.717, 1.165) is 12.1 Å². The lowest BCUT2D eigenvalue weighted by atomic mass is 9.77. The van der Waals surface area contributed by atoms with Gasteiger partial charge in [-0.3, -0.25) is 9.59 Å². The Morgan fingerprint density at radius 3 is 1.95 bits per heavy atom. The Kier molecular flexibility index (Phi) is 14.0. The summed E-state index contributed by atoms with van der Waals surface area (Å²) >= 11 is 0. The molecule has 2 atom stereocenters. The largest absolute Gasteiger partial charge is 0.478 e. The SMILES string of the molecule is CC(=O)Oc1ccccc1C(=O)O.CCC(=O)O[C@@](Cc1ccccc1)(c1ccccc1)[C@H](C)CN(C)C.Cl. The lowest BCUT2D eigenvalue weighted by Gasteiger charge is -2.40. The van der Waals surface area contributed by atoms with Crippen molar-refractivity contribution in [3.8, 4) is 5.75 Å². The van der Waals surface area contributed by atoms with E-state index in [2.05, 4.69) is 54.9 Å². The summed E-state index contributed by atoms with van der Waals surface area (Å²) in [7, 11) is 4.10. The van der Waals surface area contributed by atoms with E-state index in [-0.39, 0.29) is 35.6 Å². The molecule has 39 heavy (non-hydrogen) atoms. The number of carbonyl (C=O) groups excluding carboxylic acids is 2. The van der Waals surface area contributed by atoms with Crippen LogP contribution in [0.4, 0.5) is 0 Å². The number of esters is 2. The zero-order valence-electron chi connectivity index (χ0n) is 23.1. The van der Waals surface area contributed by atoms with Crippen LogP contribution in [0, 0.1) is 5.92 Å². The molecule has 0 aliphatic heterocycles. The molecule has 3 rings (SSSR count). The molecule has 0 saturated heterocycles. The van der Waals surface area contributed by atoms with Gasteiger partial charge in [-0.1, -0.05) is 86.6 Å². The van der Waals surface area contributed by atoms with Crippen molar-refractivity contribution >= 4 is 30.3 Å². The highest BCUT2D eigenvalue weighted by molar-refractivity contribution is 5.91. The standard InChI is InChI=1S/C22H29NO2.C9H8O4.ClH/c1-5-21(24)25-22(18(2)17-23(3)4,20-14-10-7-11-15-20)16-19-12-8-6-9-13-19;1-6(10)13-8-5-3-2-4-7(8)9(11)12;/h6-15,18H,5,16-17H2,1-4H3;2-5H,1H3,(H,11,12);1H/t18-,22-;;/m1../s1. The van der Waals surface area contributed by atoms with E-state index in [4.69, 9.17) is 9.84 Å². The highest BCUT2D eigenvalue weighted by Crippen LogP contribution is 2.38. The van der Waals surface area contributed by atoms with E-state index in [1.165, 1.54) is 24.6 Å². The zero-order chi connectivity index (χ0) is 28.1. The van der Waals surface area contributed by atoms with E-state index < -0.39 is 17.5 Å². The average molecular weight is 556 g/mol. The molecule has 0 bridgehead atoms. The van der Waals surface area contributed by atoms with E-state index in [0.29, 0.717) is 12.8 Å². The highest BCUT2D eigenvalue weighted by atomic mass is 35.5. The molecule has 7 nitrogen and oxygen atoms in total. The van der Waals surface area contributed by atoms with E-state index in [1.807, 2.05) is 43.3 Å². The molecule has 0 aliphatic rings. The molecule has 0 aromatic heterocycles. The van der Waals surface area contributed by atoms with Crippen molar-refractivity contribution in [1.82, 2.24) is 4.90 Å². The highest BCUT2D eigenvalue weighted by Gasteiger charge is 2.42. The van der Waals surface area contributed by atoms with Crippen molar-refractivity contribution in [2.75, 3.05) is 20.6 Å². The Balaban J connectivity index is 0.000000460. The van der Waals surface area contributed by atoms with Gasteiger partial charge in [0.15, 0.2) is 0 Å². The molecule has 0 heterocycles. The number of carboxylic acids is 1. The smallest absolute Gasteiger partial charge is 0.339 e. The number of ether oxygens (including phenoxy) is 2. The normalized spacial score (nSPS) is 12.6. The molecule has 3 aromatic carbocycles. The van der Waals surface area contributed by atoms with Crippen molar-refractivity contribution < 1.29 is 29.0 Å². The predicted octanol–water partition coefficient (Wildman–Crippen LogP) is 6.01. The number of hydrogen-bond donors (Lipinski definition) is 1. The minimum atomic E-state index is -1.11. The summed E-state index contributed by atoms with van der Waals surface area (Å²) in [5.74, 6) is -1.60. The molecule has 1 N–H and O–H groups in total. The fourth-order valence-corrected chi connectivity index (χ4v) is 4.23. The second-order valence-corrected chi connectivity index (χ2v) is 9.30. The average Bonchev–Trinajstić information content (AvgIpc) is 2.89. The Bertz CT molecular complexity index is 1190. The van der Waals surface area contributed by atoms with Gasteiger partial charge in [-0.15, -0.1) is 12.4 Å². The Hall–Kier alpha value is -3.68. The number of nitrogens with zero attached hydrogens (tertiary/aromatic N) is 1. The van der Waals surface area contributed by atoms with Crippen LogP contribution in [0.1, 0.15) is 48.7 Å². The number of halogens is 1. The van der Waals surface area contributed by atoms with Gasteiger partial charge >= 0.3 is 17.9 Å². The summed E-state index contributed by atoms with van der Waals surface area (Å²) in [4.78, 5) is 35.7. The summed E-state index contributed by atoms with van der Waals surface area (Å²) in [5.41, 5.74) is 1.52. The molecule has 0 saturated carbocycles. The third-order valence-corrected chi connectivity index (χ3v) is 5.96. The van der Waals surface area contributed by atoms with Crippen molar-refractivity contribution in [2.45, 2.75) is 39.2 Å². The maximum atomic E-state index is 12.3. The summed E-state index contributed by atoms with van der Waals surface area (Å²) in [6.45, 7) is 6.06. The van der Waals surface area contributed by atoms with Crippen molar-refractivity contribution in [2.24, 2.45) is 5.92 Å². The molecule has 210 valence electrons. The summed E-state index contributed by atoms with van der Waals surface area (Å²) < 4.78 is 10.9. The number of aromatic carboxylic acids is 1. The second kappa shape index (κ2) is 16.3. The first-order valence-electron chi connectivity index (χ1n) is 12.6. The molecule has 0 unspecified atom stereocenters. The minimum absolute atomic E-state index is 0. The van der Waals surface area contributed by atoms with Crippen LogP contribution >= 0.6 is 12.4 Å². The number of carbonyl (C=O) groups is 3. The van der Waals surface area contributed by atoms with Crippen molar-refractivity contribution in [3.63, 3.8) is 0 Å². The second-order valence-electron chi connectivity index (χ2n) is 9.30. The lowest BCUT2D eigenvalue weighted by Crippen LogP contribution is -2.44. The fraction of sp³-hybridized carbons (Fsp3) is 0.323. The van der Waals surface area contributed by atoms with Crippen molar-refractivity contribution in [1.29, 1.82) is 0 Å². The maximum absolute atomic E-state index is 12.3. The quantitative estimate of drug-likeness (QED) is 0.242. The van der Waals surface area contributed by atoms with Gasteiger partial charge in [-0.2, -0.15) is 0 Å². The number of para-hydroxylation sites is 1. The summed E-state index contributed by atoms with van der Waals surface area (Å²) in [5, 5.41) is 8.69. The zero-order valence-corrected chi connectivity index (χ0v) is 23.9. The lowest BCUT2D eigenvalue weighted by molar-refractivity contribution is -0.168. The van der Waals surface area contributed by atoms with Gasteiger partial charge in [0.05, 0.1) is 0 Å². The van der Waals surface area contributed by atoms with Gasteiger partial charge in [0, 0.05) is 32.2 Å². The number of rotatable bonds is 10. The third kappa shape index (κ3) is 10.2. The molecule has 0 fully saturated rings. The van der Waals surface area contributed by atoms with Crippen LogP contribution in [0.5, 0.6) is 5.75 Å². The van der Waals surface area contributed by atoms with Crippen molar-refractivity contribution in [3.05, 3.63) is 102 Å². The van der Waals surface area contributed by atoms with Gasteiger partial charge in [-0.25, -0.2) is 4.79 Å². The van der Waals surface area contributed by atoms with E-state index >= 15 is 0 Å². The minimum Gasteiger partial charge on any atom is -0.478 e. The number of carboxylic acid groups (broad SMARTS) is 1. The molecule has 3 aromatic rings. The molecular formula is C31H38ClNO6. The van der Waals surface area contributed by atoms with Gasteiger partial charge < -0.3 is 19.5 Å². The molecule has 0 amide bonds. The number of benzene rings is 3. The molecule has 0 radical (unpaired) electrons. The van der Waals surface area contributed by atoms with Crippen LogP contribution in [0.15, 0.2) is 84.9 Å². The van der Waals surface area contributed by atoms with Gasteiger partial charge in [0.25, 0.3) is 0 Å². The summed E-state index contributed by atoms with van der Waals surface area (Å²) in [6.07, 6.45) is 1.04. The van der Waals surface area contributed by atoms with Crippen LogP contribution in [0.3, 0.4) is 0 Å². The van der Waals surface area contributed by atoms with Gasteiger partial charge in [-0.05, 0) is 37.4 Å². The molecular weight excluding hydrogens is 518 g/mol. The number of hydrogen-bond acceptors (Lipinski definition) is 6. The van der Waals surface area contributed by atoms with Crippen LogP contribution < -0.4 is 4.74 Å². The Morgan fingerprint density at radius 1 is 0.897 bits per heavy atom. The predicted molar refractivity (Wildman–Crippen MR) is 154 cm³/mol. The first-order valence-corrected chi connectivity index (χ1v) is 12.6. The van der Waals surface area contributed by atoms with Gasteiger partial charge in [0.2, 0.25) is 0 Å². The Morgan fingerprint density at radius 2 is 1.44 bits per heavy atom. The van der Waals surface area contributed by atoms with E-state index in [1.54, 1.807) is 12.1 Å².